The van der Waals surface area contributed by atoms with Gasteiger partial charge in [-0.1, -0.05) is 42.7 Å². The van der Waals surface area contributed by atoms with Crippen LogP contribution in [-0.2, 0) is 19.7 Å². The predicted molar refractivity (Wildman–Crippen MR) is 170 cm³/mol. The first-order chi connectivity index (χ1) is 23.0. The van der Waals surface area contributed by atoms with Gasteiger partial charge < -0.3 is 55.2 Å². The van der Waals surface area contributed by atoms with E-state index in [1.165, 1.54) is 0 Å². The van der Waals surface area contributed by atoms with Crippen molar-refractivity contribution in [2.45, 2.75) is 92.6 Å². The summed E-state index contributed by atoms with van der Waals surface area (Å²) in [5, 5.41) is 80.6. The Morgan fingerprint density at radius 1 is 0.729 bits per heavy atom. The van der Waals surface area contributed by atoms with Crippen molar-refractivity contribution < 1.29 is 55.1 Å². The minimum Gasteiger partial charge on any atom is -0.394 e. The maximum absolute atomic E-state index is 12.6. The lowest BCUT2D eigenvalue weighted by molar-refractivity contribution is -0.214. The highest BCUT2D eigenvalue weighted by molar-refractivity contribution is 5.83. The van der Waals surface area contributed by atoms with Crippen LogP contribution in [-0.4, -0.2) is 139 Å². The first-order valence-corrected chi connectivity index (χ1v) is 16.2. The zero-order valence-electron chi connectivity index (χ0n) is 26.4. The Bertz CT molecular complexity index is 1540. The third kappa shape index (κ3) is 6.04. The van der Waals surface area contributed by atoms with Crippen LogP contribution >= 0.6 is 0 Å². The number of hydrogen-bond acceptors (Lipinski definition) is 11. The largest absolute Gasteiger partial charge is 0.394 e. The van der Waals surface area contributed by atoms with Gasteiger partial charge in [-0.3, -0.25) is 4.79 Å². The lowest BCUT2D eigenvalue weighted by Crippen LogP contribution is -2.58. The summed E-state index contributed by atoms with van der Waals surface area (Å²) in [5.74, 6) is 11.9. The maximum Gasteiger partial charge on any atom is 0.222 e. The summed E-state index contributed by atoms with van der Waals surface area (Å²) in [6, 6.07) is 11.6. The first-order valence-electron chi connectivity index (χ1n) is 16.2. The molecule has 1 spiro atoms. The zero-order valence-corrected chi connectivity index (χ0v) is 26.4. The van der Waals surface area contributed by atoms with Crippen molar-refractivity contribution in [1.29, 1.82) is 0 Å². The number of rotatable bonds is 3. The SMILES string of the molecule is CCC(=O)N1CCC2(CC1)c1cc(C#CC3OC(CO)C(O)C(O)C3O)ccc1-c1ccc(C#CC3OC(CO)C(O)C(O)C3O)cc12. The van der Waals surface area contributed by atoms with E-state index in [4.69, 9.17) is 9.47 Å². The molecule has 4 aliphatic rings. The molecule has 2 aromatic carbocycles. The van der Waals surface area contributed by atoms with Gasteiger partial charge in [-0.2, -0.15) is 0 Å². The van der Waals surface area contributed by atoms with Crippen molar-refractivity contribution in [3.63, 3.8) is 0 Å². The number of ether oxygens (including phenoxy) is 2. The number of nitrogens with zero attached hydrogens (tertiary/aromatic N) is 1. The molecule has 2 aromatic rings. The highest BCUT2D eigenvalue weighted by atomic mass is 16.5. The van der Waals surface area contributed by atoms with Crippen LogP contribution < -0.4 is 0 Å². The van der Waals surface area contributed by atoms with Crippen LogP contribution in [0.5, 0.6) is 0 Å². The molecule has 3 heterocycles. The van der Waals surface area contributed by atoms with Crippen LogP contribution in [0, 0.1) is 23.7 Å². The average molecular weight is 664 g/mol. The van der Waals surface area contributed by atoms with Crippen LogP contribution in [0.15, 0.2) is 36.4 Å². The molecule has 3 saturated heterocycles. The van der Waals surface area contributed by atoms with E-state index in [9.17, 15) is 45.6 Å². The van der Waals surface area contributed by atoms with Gasteiger partial charge in [0.25, 0.3) is 0 Å². The normalized spacial score (nSPS) is 33.6. The van der Waals surface area contributed by atoms with E-state index in [-0.39, 0.29) is 5.91 Å². The lowest BCUT2D eigenvalue weighted by Gasteiger charge is -2.41. The number of piperidine rings is 1. The number of carbonyl (C=O) groups is 1. The van der Waals surface area contributed by atoms with E-state index >= 15 is 0 Å². The molecule has 10 unspecified atom stereocenters. The van der Waals surface area contributed by atoms with Gasteiger partial charge in [-0.25, -0.2) is 0 Å². The van der Waals surface area contributed by atoms with Gasteiger partial charge in [0, 0.05) is 36.1 Å². The smallest absolute Gasteiger partial charge is 0.222 e. The van der Waals surface area contributed by atoms with Crippen LogP contribution in [0.1, 0.15) is 48.4 Å². The maximum atomic E-state index is 12.6. The molecular weight excluding hydrogens is 622 g/mol. The second-order valence-corrected chi connectivity index (χ2v) is 12.9. The van der Waals surface area contributed by atoms with E-state index in [0.29, 0.717) is 43.5 Å². The fourth-order valence-corrected chi connectivity index (χ4v) is 7.30. The van der Waals surface area contributed by atoms with Gasteiger partial charge in [-0.05, 0) is 59.4 Å². The minimum atomic E-state index is -1.53. The second-order valence-electron chi connectivity index (χ2n) is 12.9. The van der Waals surface area contributed by atoms with Crippen molar-refractivity contribution in [2.24, 2.45) is 0 Å². The van der Waals surface area contributed by atoms with Crippen molar-refractivity contribution >= 4 is 5.91 Å². The highest BCUT2D eigenvalue weighted by Crippen LogP contribution is 2.54. The molecule has 6 rings (SSSR count). The molecule has 3 aliphatic heterocycles. The summed E-state index contributed by atoms with van der Waals surface area (Å²) in [4.78, 5) is 14.5. The number of benzene rings is 2. The fourth-order valence-electron chi connectivity index (χ4n) is 7.30. The summed E-state index contributed by atoms with van der Waals surface area (Å²) in [6.07, 6.45) is -11.6. The van der Waals surface area contributed by atoms with Crippen molar-refractivity contribution in [2.75, 3.05) is 26.3 Å². The number of likely N-dealkylation sites (tertiary alicyclic amines) is 1. The van der Waals surface area contributed by atoms with Crippen molar-refractivity contribution in [1.82, 2.24) is 4.90 Å². The molecule has 48 heavy (non-hydrogen) atoms. The van der Waals surface area contributed by atoms with Crippen molar-refractivity contribution in [3.8, 4) is 34.8 Å². The lowest BCUT2D eigenvalue weighted by atomic mass is 9.70. The van der Waals surface area contributed by atoms with E-state index in [0.717, 1.165) is 22.3 Å². The van der Waals surface area contributed by atoms with Crippen LogP contribution in [0.25, 0.3) is 11.1 Å². The fraction of sp³-hybridized carbons (Fsp3) is 0.528. The molecule has 12 heteroatoms. The molecule has 0 bridgehead atoms. The van der Waals surface area contributed by atoms with Gasteiger partial charge in [0.05, 0.1) is 13.2 Å². The van der Waals surface area contributed by atoms with Crippen LogP contribution in [0.2, 0.25) is 0 Å². The zero-order chi connectivity index (χ0) is 34.3. The van der Waals surface area contributed by atoms with E-state index in [2.05, 4.69) is 23.7 Å². The molecule has 256 valence electrons. The summed E-state index contributed by atoms with van der Waals surface area (Å²) >= 11 is 0. The number of amides is 1. The van der Waals surface area contributed by atoms with Gasteiger partial charge in [0.15, 0.2) is 0 Å². The monoisotopic (exact) mass is 663 g/mol. The summed E-state index contributed by atoms with van der Waals surface area (Å²) in [6.45, 7) is 1.85. The Hall–Kier alpha value is -3.37. The number of carbonyl (C=O) groups excluding carboxylic acids is 1. The Labute approximate surface area is 278 Å². The van der Waals surface area contributed by atoms with Gasteiger partial charge in [0.1, 0.15) is 61.0 Å². The van der Waals surface area contributed by atoms with Gasteiger partial charge in [-0.15, -0.1) is 0 Å². The van der Waals surface area contributed by atoms with Crippen LogP contribution in [0.4, 0.5) is 0 Å². The molecule has 0 aromatic heterocycles. The van der Waals surface area contributed by atoms with Gasteiger partial charge in [0.2, 0.25) is 5.91 Å². The first kappa shape index (κ1) is 34.5. The molecule has 8 N–H and O–H groups in total. The standard InChI is InChI=1S/C36H41NO11/c1-2-29(40)37-13-11-36(12-14-37)23-15-19(5-9-25-30(41)34(45)32(43)27(17-38)47-25)3-7-21(23)22-8-4-20(16-24(22)36)6-10-26-31(42)35(46)33(44)28(18-39)48-26/h3-4,7-8,15-16,25-28,30-35,38-39,41-46H,2,11-14,17-18H2,1H3. The summed E-state index contributed by atoms with van der Waals surface area (Å²) in [7, 11) is 0. The molecule has 1 aliphatic carbocycles. The van der Waals surface area contributed by atoms with E-state index in [1.807, 2.05) is 48.2 Å². The van der Waals surface area contributed by atoms with Crippen molar-refractivity contribution in [3.05, 3.63) is 58.7 Å². The molecule has 0 saturated carbocycles. The average Bonchev–Trinajstić information content (AvgIpc) is 3.36. The molecule has 3 fully saturated rings. The van der Waals surface area contributed by atoms with Gasteiger partial charge >= 0.3 is 0 Å². The highest BCUT2D eigenvalue weighted by Gasteiger charge is 2.47. The molecule has 0 radical (unpaired) electrons. The minimum absolute atomic E-state index is 0.0848. The molecule has 10 atom stereocenters. The molecular formula is C36H41NO11. The van der Waals surface area contributed by atoms with Crippen LogP contribution in [0.3, 0.4) is 0 Å². The molecule has 1 amide bonds. The second kappa shape index (κ2) is 13.9. The third-order valence-corrected chi connectivity index (χ3v) is 10.1. The predicted octanol–water partition coefficient (Wildman–Crippen LogP) is -1.63. The van der Waals surface area contributed by atoms with E-state index < -0.39 is 79.7 Å². The number of hydrogen-bond donors (Lipinski definition) is 8. The number of aliphatic hydroxyl groups is 8. The quantitative estimate of drug-likeness (QED) is 0.176. The Morgan fingerprint density at radius 2 is 1.17 bits per heavy atom. The number of fused-ring (bicyclic) bond motifs is 5. The summed E-state index contributed by atoms with van der Waals surface area (Å²) in [5.41, 5.74) is 4.86. The third-order valence-electron chi connectivity index (χ3n) is 10.1. The Balaban J connectivity index is 1.34. The Kier molecular flexibility index (Phi) is 9.96. The number of aliphatic hydroxyl groups excluding tert-OH is 8. The summed E-state index contributed by atoms with van der Waals surface area (Å²) < 4.78 is 11.1. The Morgan fingerprint density at radius 3 is 1.56 bits per heavy atom. The van der Waals surface area contributed by atoms with E-state index in [1.54, 1.807) is 0 Å². The topological polar surface area (TPSA) is 201 Å². The molecule has 12 nitrogen and oxygen atoms in total.